The first kappa shape index (κ1) is 15.4. The molecule has 1 aromatic carbocycles. The second-order valence-corrected chi connectivity index (χ2v) is 6.07. The normalized spacial score (nSPS) is 14.8. The van der Waals surface area contributed by atoms with Gasteiger partial charge in [-0.05, 0) is 49.8 Å². The molecule has 1 fully saturated rings. The van der Waals surface area contributed by atoms with E-state index < -0.39 is 0 Å². The lowest BCUT2D eigenvalue weighted by Gasteiger charge is -2.14. The van der Waals surface area contributed by atoms with Gasteiger partial charge in [0.2, 0.25) is 5.91 Å². The van der Waals surface area contributed by atoms with Gasteiger partial charge in [0.05, 0.1) is 0 Å². The maximum absolute atomic E-state index is 11.8. The van der Waals surface area contributed by atoms with Crippen LogP contribution in [0.4, 0.5) is 0 Å². The fourth-order valence-electron chi connectivity index (χ4n) is 2.78. The third-order valence-corrected chi connectivity index (χ3v) is 4.19. The molecule has 1 aliphatic rings. The predicted octanol–water partition coefficient (Wildman–Crippen LogP) is 4.46. The zero-order chi connectivity index (χ0) is 14.2. The molecule has 0 spiro atoms. The summed E-state index contributed by atoms with van der Waals surface area (Å²) in [4.78, 5) is 13.9. The summed E-state index contributed by atoms with van der Waals surface area (Å²) in [6, 6.07) is 8.09. The zero-order valence-electron chi connectivity index (χ0n) is 12.1. The molecule has 0 saturated carbocycles. The summed E-state index contributed by atoms with van der Waals surface area (Å²) in [6.07, 6.45) is 8.75. The molecule has 0 unspecified atom stereocenters. The number of amides is 1. The highest BCUT2D eigenvalue weighted by molar-refractivity contribution is 6.30. The Morgan fingerprint density at radius 1 is 1.10 bits per heavy atom. The van der Waals surface area contributed by atoms with Crippen LogP contribution in [-0.2, 0) is 11.2 Å². The maximum atomic E-state index is 11.8. The fraction of sp³-hybridized carbons (Fsp3) is 0.588. The Hall–Kier alpha value is -1.02. The quantitative estimate of drug-likeness (QED) is 0.680. The van der Waals surface area contributed by atoms with Crippen LogP contribution in [0.15, 0.2) is 24.3 Å². The lowest BCUT2D eigenvalue weighted by molar-refractivity contribution is -0.130. The van der Waals surface area contributed by atoms with Crippen LogP contribution in [0.3, 0.4) is 0 Å². The van der Waals surface area contributed by atoms with Crippen molar-refractivity contribution in [2.24, 2.45) is 0 Å². The molecule has 1 heterocycles. The molecule has 0 atom stereocenters. The number of nitrogens with zero attached hydrogens (tertiary/aromatic N) is 1. The van der Waals surface area contributed by atoms with Gasteiger partial charge in [-0.15, -0.1) is 0 Å². The molecular formula is C17H24ClNO. The number of rotatable bonds is 7. The van der Waals surface area contributed by atoms with Crippen molar-refractivity contribution in [3.8, 4) is 0 Å². The van der Waals surface area contributed by atoms with Gasteiger partial charge in [0, 0.05) is 24.5 Å². The largest absolute Gasteiger partial charge is 0.343 e. The molecule has 1 amide bonds. The average molecular weight is 294 g/mol. The molecule has 1 aromatic rings. The Labute approximate surface area is 127 Å². The first-order valence-corrected chi connectivity index (χ1v) is 8.16. The minimum atomic E-state index is 0.359. The van der Waals surface area contributed by atoms with Gasteiger partial charge in [-0.2, -0.15) is 0 Å². The molecule has 0 radical (unpaired) electrons. The number of carbonyl (C=O) groups is 1. The number of hydrogen-bond acceptors (Lipinski definition) is 1. The second-order valence-electron chi connectivity index (χ2n) is 5.63. The summed E-state index contributed by atoms with van der Waals surface area (Å²) >= 11 is 5.96. The number of likely N-dealkylation sites (tertiary alicyclic amines) is 1. The zero-order valence-corrected chi connectivity index (χ0v) is 12.9. The first-order chi connectivity index (χ1) is 9.75. The van der Waals surface area contributed by atoms with Crippen LogP contribution >= 0.6 is 11.6 Å². The van der Waals surface area contributed by atoms with Crippen LogP contribution in [0.25, 0.3) is 0 Å². The van der Waals surface area contributed by atoms with Crippen molar-refractivity contribution in [1.82, 2.24) is 4.90 Å². The highest BCUT2D eigenvalue weighted by Gasteiger charge is 2.16. The Morgan fingerprint density at radius 3 is 2.60 bits per heavy atom. The van der Waals surface area contributed by atoms with Crippen molar-refractivity contribution < 1.29 is 4.79 Å². The van der Waals surface area contributed by atoms with E-state index >= 15 is 0 Å². The third-order valence-electron chi connectivity index (χ3n) is 3.95. The van der Waals surface area contributed by atoms with E-state index in [0.717, 1.165) is 43.8 Å². The Bertz CT molecular complexity index is 427. The monoisotopic (exact) mass is 293 g/mol. The van der Waals surface area contributed by atoms with Crippen LogP contribution in [-0.4, -0.2) is 23.9 Å². The molecule has 2 nitrogen and oxygen atoms in total. The first-order valence-electron chi connectivity index (χ1n) is 7.78. The number of aryl methyl sites for hydroxylation is 1. The summed E-state index contributed by atoms with van der Waals surface area (Å²) in [6.45, 7) is 1.96. The summed E-state index contributed by atoms with van der Waals surface area (Å²) < 4.78 is 0. The molecule has 1 aliphatic heterocycles. The van der Waals surface area contributed by atoms with Gasteiger partial charge in [-0.1, -0.05) is 36.6 Å². The number of benzene rings is 1. The summed E-state index contributed by atoms with van der Waals surface area (Å²) in [7, 11) is 0. The van der Waals surface area contributed by atoms with Gasteiger partial charge >= 0.3 is 0 Å². The van der Waals surface area contributed by atoms with Gasteiger partial charge in [0.25, 0.3) is 0 Å². The minimum absolute atomic E-state index is 0.359. The van der Waals surface area contributed by atoms with Crippen LogP contribution in [0.2, 0.25) is 5.02 Å². The topological polar surface area (TPSA) is 20.3 Å². The SMILES string of the molecule is O=C(CCCCCCc1cccc(Cl)c1)N1CCCC1. The summed E-state index contributed by atoms with van der Waals surface area (Å²) in [5.74, 6) is 0.359. The number of halogens is 1. The minimum Gasteiger partial charge on any atom is -0.343 e. The van der Waals surface area contributed by atoms with E-state index in [1.165, 1.54) is 31.2 Å². The number of carbonyl (C=O) groups excluding carboxylic acids is 1. The summed E-state index contributed by atoms with van der Waals surface area (Å²) in [5, 5.41) is 0.818. The Kier molecular flexibility index (Phi) is 6.38. The van der Waals surface area contributed by atoms with E-state index in [-0.39, 0.29) is 0 Å². The van der Waals surface area contributed by atoms with E-state index in [2.05, 4.69) is 6.07 Å². The average Bonchev–Trinajstić information content (AvgIpc) is 2.96. The van der Waals surface area contributed by atoms with Gasteiger partial charge in [0.1, 0.15) is 0 Å². The van der Waals surface area contributed by atoms with Gasteiger partial charge in [-0.3, -0.25) is 4.79 Å². The van der Waals surface area contributed by atoms with Gasteiger partial charge in [-0.25, -0.2) is 0 Å². The smallest absolute Gasteiger partial charge is 0.222 e. The van der Waals surface area contributed by atoms with Crippen LogP contribution in [0.5, 0.6) is 0 Å². The molecule has 1 saturated heterocycles. The van der Waals surface area contributed by atoms with E-state index in [9.17, 15) is 4.79 Å². The van der Waals surface area contributed by atoms with Crippen molar-refractivity contribution in [3.63, 3.8) is 0 Å². The van der Waals surface area contributed by atoms with Crippen molar-refractivity contribution in [2.75, 3.05) is 13.1 Å². The molecule has 20 heavy (non-hydrogen) atoms. The molecule has 0 N–H and O–H groups in total. The van der Waals surface area contributed by atoms with Crippen LogP contribution in [0, 0.1) is 0 Å². The molecule has 0 aliphatic carbocycles. The Balaban J connectivity index is 1.52. The standard InChI is InChI=1S/C17H24ClNO/c18-16-10-7-9-15(14-16)8-3-1-2-4-11-17(20)19-12-5-6-13-19/h7,9-10,14H,1-6,8,11-13H2. The Morgan fingerprint density at radius 2 is 1.85 bits per heavy atom. The molecular weight excluding hydrogens is 270 g/mol. The van der Waals surface area contributed by atoms with E-state index in [0.29, 0.717) is 5.91 Å². The fourth-order valence-corrected chi connectivity index (χ4v) is 2.99. The van der Waals surface area contributed by atoms with Crippen molar-refractivity contribution in [2.45, 2.75) is 51.4 Å². The lowest BCUT2D eigenvalue weighted by Crippen LogP contribution is -2.27. The van der Waals surface area contributed by atoms with Crippen molar-refractivity contribution in [3.05, 3.63) is 34.9 Å². The van der Waals surface area contributed by atoms with Crippen molar-refractivity contribution in [1.29, 1.82) is 0 Å². The van der Waals surface area contributed by atoms with E-state index in [1.807, 2.05) is 23.1 Å². The lowest BCUT2D eigenvalue weighted by atomic mass is 10.1. The number of hydrogen-bond donors (Lipinski definition) is 0. The summed E-state index contributed by atoms with van der Waals surface area (Å²) in [5.41, 5.74) is 1.31. The number of unbranched alkanes of at least 4 members (excludes halogenated alkanes) is 3. The molecule has 0 bridgehead atoms. The van der Waals surface area contributed by atoms with Gasteiger partial charge < -0.3 is 4.90 Å². The molecule has 3 heteroatoms. The molecule has 2 rings (SSSR count). The second kappa shape index (κ2) is 8.31. The van der Waals surface area contributed by atoms with Crippen molar-refractivity contribution >= 4 is 17.5 Å². The third kappa shape index (κ3) is 5.16. The highest BCUT2D eigenvalue weighted by Crippen LogP contribution is 2.15. The molecule has 110 valence electrons. The van der Waals surface area contributed by atoms with Gasteiger partial charge in [0.15, 0.2) is 0 Å². The van der Waals surface area contributed by atoms with E-state index in [1.54, 1.807) is 0 Å². The predicted molar refractivity (Wildman–Crippen MR) is 84.1 cm³/mol. The van der Waals surface area contributed by atoms with Crippen LogP contribution < -0.4 is 0 Å². The van der Waals surface area contributed by atoms with E-state index in [4.69, 9.17) is 11.6 Å². The van der Waals surface area contributed by atoms with Crippen LogP contribution in [0.1, 0.15) is 50.5 Å². The highest BCUT2D eigenvalue weighted by atomic mass is 35.5. The molecule has 0 aromatic heterocycles. The maximum Gasteiger partial charge on any atom is 0.222 e.